The van der Waals surface area contributed by atoms with Crippen LogP contribution in [0.3, 0.4) is 0 Å². The molecule has 2 heterocycles. The standard InChI is InChI=1S/C61H62N2O26/c1-24-18-38-44(53(84-30(7)68)42(24)58(62)74)45-39(21-37-46(54(45)85-31(8)69)49(73)36-19-35(76-12)20-40(80-26(3)64)43(36)48(37)72)50(82-28(5)66)51(38)88-60-57(87-33(10)71)55(47(25(2)79-60)63(11)61(75)78-22-34-16-14-13-15-17-34)89-59-56(86-32(9)70)52(83-29(6)67)41(23-77-59)81-27(4)65/h13-21,25,41,47,50-52,55-57,59-60H,22-23H2,1-12H3,(H2,62,74)/t25-,41-,47+,50+,51+,52+,55+,56-,57-,59+,60+/m1/s1. The summed E-state index contributed by atoms with van der Waals surface area (Å²) in [5.41, 5.74) is 2.87. The van der Waals surface area contributed by atoms with Gasteiger partial charge in [-0.15, -0.1) is 0 Å². The van der Waals surface area contributed by atoms with E-state index in [9.17, 15) is 47.9 Å². The van der Waals surface area contributed by atoms with Gasteiger partial charge in [-0.05, 0) is 42.7 Å². The highest BCUT2D eigenvalue weighted by Crippen LogP contribution is 2.59. The van der Waals surface area contributed by atoms with E-state index >= 15 is 9.59 Å². The Balaban J connectivity index is 1.38. The highest BCUT2D eigenvalue weighted by molar-refractivity contribution is 6.31. The third kappa shape index (κ3) is 13.7. The molecule has 0 bridgehead atoms. The van der Waals surface area contributed by atoms with Crippen molar-refractivity contribution in [2.24, 2.45) is 5.73 Å². The van der Waals surface area contributed by atoms with Crippen molar-refractivity contribution in [1.29, 1.82) is 0 Å². The molecule has 8 rings (SSSR count). The Kier molecular flexibility index (Phi) is 19.7. The molecule has 2 N–H and O–H groups in total. The predicted octanol–water partition coefficient (Wildman–Crippen LogP) is 4.85. The maximum atomic E-state index is 15.2. The number of amides is 2. The number of methoxy groups -OCH3 is 1. The zero-order valence-electron chi connectivity index (χ0n) is 50.1. The fourth-order valence-electron chi connectivity index (χ4n) is 11.2. The fourth-order valence-corrected chi connectivity index (χ4v) is 11.2. The van der Waals surface area contributed by atoms with Crippen molar-refractivity contribution in [1.82, 2.24) is 4.90 Å². The molecule has 89 heavy (non-hydrogen) atoms. The number of aryl methyl sites for hydroxylation is 1. The van der Waals surface area contributed by atoms with E-state index in [-0.39, 0.29) is 34.6 Å². The second-order valence-electron chi connectivity index (χ2n) is 20.9. The Labute approximate surface area is 507 Å². The molecular formula is C61H62N2O26. The first kappa shape index (κ1) is 65.3. The number of hydrogen-bond donors (Lipinski definition) is 1. The van der Waals surface area contributed by atoms with Crippen molar-refractivity contribution < 1.29 is 124 Å². The van der Waals surface area contributed by atoms with E-state index in [0.717, 1.165) is 66.4 Å². The highest BCUT2D eigenvalue weighted by Gasteiger charge is 2.57. The summed E-state index contributed by atoms with van der Waals surface area (Å²) in [5.74, 6) is -12.9. The molecule has 2 fully saturated rings. The van der Waals surface area contributed by atoms with E-state index in [1.165, 1.54) is 46.2 Å². The van der Waals surface area contributed by atoms with Crippen LogP contribution in [0.1, 0.15) is 139 Å². The number of esters is 8. The Bertz CT molecular complexity index is 3600. The first-order chi connectivity index (χ1) is 42.0. The second-order valence-corrected chi connectivity index (χ2v) is 20.9. The third-order valence-corrected chi connectivity index (χ3v) is 14.4. The van der Waals surface area contributed by atoms with Gasteiger partial charge in [-0.25, -0.2) is 4.79 Å². The Morgan fingerprint density at radius 3 is 1.70 bits per heavy atom. The number of rotatable bonds is 17. The van der Waals surface area contributed by atoms with E-state index in [2.05, 4.69) is 0 Å². The average Bonchev–Trinajstić information content (AvgIpc) is 0.707. The summed E-state index contributed by atoms with van der Waals surface area (Å²) in [5, 5.41) is 0. The summed E-state index contributed by atoms with van der Waals surface area (Å²) < 4.78 is 83.7. The molecule has 0 radical (unpaired) electrons. The summed E-state index contributed by atoms with van der Waals surface area (Å²) in [7, 11) is 2.53. The van der Waals surface area contributed by atoms with E-state index < -0.39 is 196 Å². The fraction of sp³-hybridized carbons (Fsp3) is 0.410. The number of carbonyl (C=O) groups is 12. The SMILES string of the molecule is COc1cc(OC(C)=O)c2c(c1)C(=O)c1c(cc3c(c1OC(C)=O)-c1c(cc(C)c(C(N)=O)c1OC(C)=O)[C@H](O[C@@H]1O[C@H](C)[C@H](N(C)C(=O)OCc4ccccc4)[C@H](O[C@@H]4OC[C@@H](OC(C)=O)[C@H](OC(C)=O)[C@H]4OC(C)=O)[C@H]1OC(C)=O)[C@H]3OC(C)=O)C2=O. The van der Waals surface area contributed by atoms with Crippen LogP contribution in [0.2, 0.25) is 0 Å². The number of fused-ring (bicyclic) bond motifs is 5. The van der Waals surface area contributed by atoms with Crippen molar-refractivity contribution in [3.05, 3.63) is 105 Å². The van der Waals surface area contributed by atoms with Crippen molar-refractivity contribution in [2.45, 2.75) is 143 Å². The number of nitrogens with zero attached hydrogens (tertiary/aromatic N) is 1. The molecule has 2 aliphatic carbocycles. The van der Waals surface area contributed by atoms with Crippen LogP contribution in [0.5, 0.6) is 23.0 Å². The predicted molar refractivity (Wildman–Crippen MR) is 297 cm³/mol. The van der Waals surface area contributed by atoms with Crippen molar-refractivity contribution in [3.8, 4) is 34.1 Å². The number of likely N-dealkylation sites (N-methyl/N-ethyl adjacent to an activating group) is 1. The molecule has 4 aromatic rings. The number of carbonyl (C=O) groups excluding carboxylic acids is 12. The summed E-state index contributed by atoms with van der Waals surface area (Å²) >= 11 is 0. The van der Waals surface area contributed by atoms with Gasteiger partial charge in [0, 0.05) is 96.3 Å². The molecule has 2 aliphatic heterocycles. The van der Waals surface area contributed by atoms with Gasteiger partial charge in [-0.1, -0.05) is 36.4 Å². The van der Waals surface area contributed by atoms with Gasteiger partial charge < -0.3 is 76.9 Å². The molecule has 472 valence electrons. The van der Waals surface area contributed by atoms with E-state index in [0.29, 0.717) is 5.56 Å². The molecule has 11 atom stereocenters. The number of primary amides is 1. The van der Waals surface area contributed by atoms with E-state index in [1.54, 1.807) is 30.3 Å². The molecule has 28 heteroatoms. The zero-order chi connectivity index (χ0) is 65.2. The van der Waals surface area contributed by atoms with Crippen LogP contribution in [0.15, 0.2) is 54.6 Å². The molecule has 4 aromatic carbocycles. The van der Waals surface area contributed by atoms with Gasteiger partial charge in [0.05, 0.1) is 42.6 Å². The van der Waals surface area contributed by atoms with Gasteiger partial charge in [0.25, 0.3) is 5.91 Å². The smallest absolute Gasteiger partial charge is 0.410 e. The van der Waals surface area contributed by atoms with Crippen LogP contribution in [0.25, 0.3) is 11.1 Å². The van der Waals surface area contributed by atoms with Gasteiger partial charge >= 0.3 is 53.8 Å². The minimum Gasteiger partial charge on any atom is -0.497 e. The largest absolute Gasteiger partial charge is 0.497 e. The van der Waals surface area contributed by atoms with E-state index in [1.807, 2.05) is 0 Å². The van der Waals surface area contributed by atoms with Gasteiger partial charge in [0.15, 0.2) is 66.2 Å². The number of nitrogens with two attached hydrogens (primary N) is 1. The molecule has 2 saturated heterocycles. The van der Waals surface area contributed by atoms with Crippen LogP contribution < -0.4 is 24.7 Å². The third-order valence-electron chi connectivity index (χ3n) is 14.4. The normalized spacial score (nSPS) is 23.0. The van der Waals surface area contributed by atoms with Crippen molar-refractivity contribution in [2.75, 3.05) is 20.8 Å². The van der Waals surface area contributed by atoms with Crippen LogP contribution in [0.4, 0.5) is 4.79 Å². The maximum absolute atomic E-state index is 15.2. The minimum atomic E-state index is -2.02. The summed E-state index contributed by atoms with van der Waals surface area (Å²) in [6.45, 7) is 10.1. The van der Waals surface area contributed by atoms with Crippen molar-refractivity contribution >= 4 is 71.3 Å². The minimum absolute atomic E-state index is 0.0184. The lowest BCUT2D eigenvalue weighted by Crippen LogP contribution is -2.67. The first-order valence-electron chi connectivity index (χ1n) is 27.4. The number of benzene rings is 4. The van der Waals surface area contributed by atoms with Gasteiger partial charge in [0.1, 0.15) is 30.3 Å². The Hall–Kier alpha value is -9.64. The number of ketones is 2. The number of hydrogen-bond acceptors (Lipinski definition) is 26. The lowest BCUT2D eigenvalue weighted by atomic mass is 9.73. The molecule has 28 nitrogen and oxygen atoms in total. The monoisotopic (exact) mass is 1240 g/mol. The topological polar surface area (TPSA) is 363 Å². The van der Waals surface area contributed by atoms with Crippen LogP contribution in [0, 0.1) is 6.92 Å². The average molecular weight is 1240 g/mol. The molecule has 0 saturated carbocycles. The van der Waals surface area contributed by atoms with E-state index in [4.69, 9.17) is 72.0 Å². The zero-order valence-corrected chi connectivity index (χ0v) is 50.1. The first-order valence-corrected chi connectivity index (χ1v) is 27.4. The lowest BCUT2D eigenvalue weighted by molar-refractivity contribution is -0.346. The van der Waals surface area contributed by atoms with Crippen LogP contribution in [-0.4, -0.2) is 152 Å². The Morgan fingerprint density at radius 1 is 0.584 bits per heavy atom. The summed E-state index contributed by atoms with van der Waals surface area (Å²) in [6.07, 6.45) is -18.6. The molecular weight excluding hydrogens is 1180 g/mol. The number of ether oxygens (including phenoxy) is 14. The van der Waals surface area contributed by atoms with Gasteiger partial charge in [-0.3, -0.25) is 52.7 Å². The molecule has 4 aliphatic rings. The molecule has 2 amide bonds. The molecule has 0 aromatic heterocycles. The highest BCUT2D eigenvalue weighted by atomic mass is 16.8. The van der Waals surface area contributed by atoms with Crippen molar-refractivity contribution in [3.63, 3.8) is 0 Å². The second kappa shape index (κ2) is 26.8. The molecule has 0 unspecified atom stereocenters. The lowest BCUT2D eigenvalue weighted by Gasteiger charge is -2.50. The van der Waals surface area contributed by atoms with Crippen LogP contribution in [-0.2, 0) is 92.3 Å². The quantitative estimate of drug-likeness (QED) is 0.0738. The van der Waals surface area contributed by atoms with Gasteiger partial charge in [0.2, 0.25) is 0 Å². The Morgan fingerprint density at radius 2 is 1.12 bits per heavy atom. The summed E-state index contributed by atoms with van der Waals surface area (Å²) in [4.78, 5) is 164. The van der Waals surface area contributed by atoms with Gasteiger partial charge in [-0.2, -0.15) is 0 Å². The van der Waals surface area contributed by atoms with Crippen LogP contribution >= 0.6 is 0 Å². The summed E-state index contributed by atoms with van der Waals surface area (Å²) in [6, 6.07) is 11.9. The molecule has 0 spiro atoms. The maximum Gasteiger partial charge on any atom is 0.410 e.